The molecule has 2 aliphatic carbocycles. The molecule has 1 aromatic heterocycles. The number of hydrogen-bond donors (Lipinski definition) is 1. The van der Waals surface area contributed by atoms with E-state index < -0.39 is 11.5 Å². The summed E-state index contributed by atoms with van der Waals surface area (Å²) in [5, 5.41) is 10.5. The molecule has 3 heteroatoms. The minimum Gasteiger partial charge on any atom is -0.472 e. The van der Waals surface area contributed by atoms with Crippen molar-refractivity contribution in [1.82, 2.24) is 0 Å². The summed E-state index contributed by atoms with van der Waals surface area (Å²) in [7, 11) is 0. The zero-order valence-electron chi connectivity index (χ0n) is 11.6. The van der Waals surface area contributed by atoms with Crippen LogP contribution in [0.4, 0.5) is 0 Å². The maximum atomic E-state index is 12.4. The summed E-state index contributed by atoms with van der Waals surface area (Å²) in [5.74, 6) is -0.219. The van der Waals surface area contributed by atoms with Crippen molar-refractivity contribution in [2.75, 3.05) is 0 Å². The molecule has 0 unspecified atom stereocenters. The molecule has 0 aliphatic heterocycles. The lowest BCUT2D eigenvalue weighted by molar-refractivity contribution is -0.119. The Bertz CT molecular complexity index is 538. The topological polar surface area (TPSA) is 50.4 Å². The standard InChI is InChI=1S/C16H20O3/c1-15(2)6-4-13(18)16(3)12(15)8-11(17)14(16)10-5-7-19-9-10/h5,7-9,13-14,18H,4,6H2,1-3H3/t13-,14+,16-/m0/s1. The number of ketones is 1. The van der Waals surface area contributed by atoms with E-state index in [2.05, 4.69) is 13.8 Å². The van der Waals surface area contributed by atoms with Crippen molar-refractivity contribution in [3.63, 3.8) is 0 Å². The molecular formula is C16H20O3. The van der Waals surface area contributed by atoms with Gasteiger partial charge in [0.25, 0.3) is 0 Å². The van der Waals surface area contributed by atoms with Crippen LogP contribution in [-0.2, 0) is 4.79 Å². The van der Waals surface area contributed by atoms with Crippen molar-refractivity contribution in [2.45, 2.75) is 45.6 Å². The highest BCUT2D eigenvalue weighted by Gasteiger charge is 2.57. The van der Waals surface area contributed by atoms with Gasteiger partial charge >= 0.3 is 0 Å². The fourth-order valence-corrected chi connectivity index (χ4v) is 4.01. The van der Waals surface area contributed by atoms with E-state index in [0.717, 1.165) is 24.0 Å². The van der Waals surface area contributed by atoms with E-state index in [0.29, 0.717) is 0 Å². The van der Waals surface area contributed by atoms with Crippen molar-refractivity contribution in [1.29, 1.82) is 0 Å². The second-order valence-electron chi connectivity index (χ2n) is 6.67. The van der Waals surface area contributed by atoms with Gasteiger partial charge in [-0.25, -0.2) is 0 Å². The van der Waals surface area contributed by atoms with Gasteiger partial charge in [-0.3, -0.25) is 4.79 Å². The summed E-state index contributed by atoms with van der Waals surface area (Å²) < 4.78 is 5.13. The lowest BCUT2D eigenvalue weighted by atomic mass is 9.56. The summed E-state index contributed by atoms with van der Waals surface area (Å²) in [6.07, 6.45) is 6.16. The number of allylic oxidation sites excluding steroid dienone is 1. The van der Waals surface area contributed by atoms with Crippen LogP contribution in [-0.4, -0.2) is 17.0 Å². The van der Waals surface area contributed by atoms with E-state index in [9.17, 15) is 9.90 Å². The quantitative estimate of drug-likeness (QED) is 0.844. The Morgan fingerprint density at radius 2 is 2.11 bits per heavy atom. The number of aliphatic hydroxyl groups excluding tert-OH is 1. The Morgan fingerprint density at radius 1 is 1.37 bits per heavy atom. The zero-order valence-corrected chi connectivity index (χ0v) is 11.6. The molecule has 3 atom stereocenters. The van der Waals surface area contributed by atoms with Gasteiger partial charge in [0.05, 0.1) is 24.5 Å². The molecule has 0 radical (unpaired) electrons. The molecule has 1 fully saturated rings. The SMILES string of the molecule is CC1(C)CC[C@H](O)[C@]2(C)C1=CC(=O)[C@H]2c1ccoc1. The van der Waals surface area contributed by atoms with E-state index >= 15 is 0 Å². The van der Waals surface area contributed by atoms with Gasteiger partial charge in [0, 0.05) is 11.0 Å². The van der Waals surface area contributed by atoms with Gasteiger partial charge < -0.3 is 9.52 Å². The summed E-state index contributed by atoms with van der Waals surface area (Å²) in [6, 6.07) is 1.83. The Hall–Kier alpha value is -1.35. The number of aliphatic hydroxyl groups is 1. The van der Waals surface area contributed by atoms with Crippen LogP contribution in [0.25, 0.3) is 0 Å². The first kappa shape index (κ1) is 12.7. The van der Waals surface area contributed by atoms with Gasteiger partial charge in [-0.2, -0.15) is 0 Å². The Morgan fingerprint density at radius 3 is 2.74 bits per heavy atom. The Balaban J connectivity index is 2.14. The molecule has 0 aromatic carbocycles. The van der Waals surface area contributed by atoms with Gasteiger partial charge in [-0.1, -0.05) is 26.3 Å². The molecule has 0 spiro atoms. The van der Waals surface area contributed by atoms with Crippen LogP contribution in [0.3, 0.4) is 0 Å². The molecule has 3 rings (SSSR count). The number of rotatable bonds is 1. The third-order valence-electron chi connectivity index (χ3n) is 5.09. The van der Waals surface area contributed by atoms with E-state index in [4.69, 9.17) is 4.42 Å². The van der Waals surface area contributed by atoms with Crippen LogP contribution in [0.2, 0.25) is 0 Å². The fraction of sp³-hybridized carbons (Fsp3) is 0.562. The van der Waals surface area contributed by atoms with Gasteiger partial charge in [0.2, 0.25) is 0 Å². The average molecular weight is 260 g/mol. The van der Waals surface area contributed by atoms with Crippen molar-refractivity contribution in [3.8, 4) is 0 Å². The molecule has 3 nitrogen and oxygen atoms in total. The number of carbonyl (C=O) groups is 1. The molecule has 1 aromatic rings. The third kappa shape index (κ3) is 1.57. The largest absolute Gasteiger partial charge is 0.472 e. The van der Waals surface area contributed by atoms with Gasteiger partial charge in [0.1, 0.15) is 0 Å². The van der Waals surface area contributed by atoms with Crippen LogP contribution >= 0.6 is 0 Å². The van der Waals surface area contributed by atoms with Crippen LogP contribution in [0.5, 0.6) is 0 Å². The smallest absolute Gasteiger partial charge is 0.164 e. The van der Waals surface area contributed by atoms with Gasteiger partial charge in [0.15, 0.2) is 5.78 Å². The highest BCUT2D eigenvalue weighted by molar-refractivity contribution is 6.00. The molecule has 0 amide bonds. The van der Waals surface area contributed by atoms with Crippen molar-refractivity contribution in [2.24, 2.45) is 10.8 Å². The fourth-order valence-electron chi connectivity index (χ4n) is 4.01. The highest BCUT2D eigenvalue weighted by atomic mass is 16.3. The van der Waals surface area contributed by atoms with Crippen LogP contribution < -0.4 is 0 Å². The monoisotopic (exact) mass is 260 g/mol. The third-order valence-corrected chi connectivity index (χ3v) is 5.09. The molecule has 102 valence electrons. The van der Waals surface area contributed by atoms with E-state index in [-0.39, 0.29) is 17.1 Å². The minimum atomic E-state index is -0.497. The molecular weight excluding hydrogens is 240 g/mol. The maximum absolute atomic E-state index is 12.4. The predicted molar refractivity (Wildman–Crippen MR) is 71.7 cm³/mol. The molecule has 1 N–H and O–H groups in total. The van der Waals surface area contributed by atoms with Crippen molar-refractivity contribution < 1.29 is 14.3 Å². The molecule has 1 heterocycles. The predicted octanol–water partition coefficient (Wildman–Crippen LogP) is 3.06. The number of furan rings is 1. The zero-order chi connectivity index (χ0) is 13.8. The first-order chi connectivity index (χ1) is 8.87. The van der Waals surface area contributed by atoms with Gasteiger partial charge in [-0.05, 0) is 30.4 Å². The summed E-state index contributed by atoms with van der Waals surface area (Å²) in [6.45, 7) is 6.34. The summed E-state index contributed by atoms with van der Waals surface area (Å²) >= 11 is 0. The van der Waals surface area contributed by atoms with Crippen LogP contribution in [0.15, 0.2) is 34.7 Å². The highest BCUT2D eigenvalue weighted by Crippen LogP contribution is 2.60. The second-order valence-corrected chi connectivity index (χ2v) is 6.67. The number of fused-ring (bicyclic) bond motifs is 1. The minimum absolute atomic E-state index is 0.0257. The first-order valence-corrected chi connectivity index (χ1v) is 6.84. The summed E-state index contributed by atoms with van der Waals surface area (Å²) in [5.41, 5.74) is 1.44. The lowest BCUT2D eigenvalue weighted by Gasteiger charge is -2.48. The van der Waals surface area contributed by atoms with E-state index in [1.165, 1.54) is 0 Å². The maximum Gasteiger partial charge on any atom is 0.164 e. The summed E-state index contributed by atoms with van der Waals surface area (Å²) in [4.78, 5) is 12.4. The van der Waals surface area contributed by atoms with Crippen LogP contribution in [0.1, 0.15) is 45.1 Å². The average Bonchev–Trinajstić information content (AvgIpc) is 2.92. The van der Waals surface area contributed by atoms with Crippen molar-refractivity contribution in [3.05, 3.63) is 35.8 Å². The van der Waals surface area contributed by atoms with E-state index in [1.54, 1.807) is 18.6 Å². The first-order valence-electron chi connectivity index (χ1n) is 6.84. The number of carbonyl (C=O) groups excluding carboxylic acids is 1. The molecule has 0 bridgehead atoms. The second kappa shape index (κ2) is 3.83. The Kier molecular flexibility index (Phi) is 2.55. The lowest BCUT2D eigenvalue weighted by Crippen LogP contribution is -2.46. The number of hydrogen-bond acceptors (Lipinski definition) is 3. The molecule has 2 aliphatic rings. The Labute approximate surface area is 113 Å². The normalized spacial score (nSPS) is 37.1. The molecule has 19 heavy (non-hydrogen) atoms. The van der Waals surface area contributed by atoms with E-state index in [1.807, 2.05) is 13.0 Å². The molecule has 0 saturated heterocycles. The van der Waals surface area contributed by atoms with Crippen LogP contribution in [0, 0.1) is 10.8 Å². The molecule has 1 saturated carbocycles. The van der Waals surface area contributed by atoms with Gasteiger partial charge in [-0.15, -0.1) is 0 Å². The van der Waals surface area contributed by atoms with Crippen molar-refractivity contribution >= 4 is 5.78 Å².